The molecule has 1 heterocycles. The average molecular weight is 287 g/mol. The Bertz CT molecular complexity index is 812. The van der Waals surface area contributed by atoms with Crippen molar-refractivity contribution in [2.75, 3.05) is 5.01 Å². The van der Waals surface area contributed by atoms with Crippen LogP contribution in [0.25, 0.3) is 6.08 Å². The average Bonchev–Trinajstić information content (AvgIpc) is 2.84. The van der Waals surface area contributed by atoms with Crippen molar-refractivity contribution in [2.45, 2.75) is 6.92 Å². The molecule has 22 heavy (non-hydrogen) atoms. The van der Waals surface area contributed by atoms with E-state index in [-0.39, 0.29) is 5.91 Å². The molecular formula is C18H13N3O. The minimum Gasteiger partial charge on any atom is -0.267 e. The number of rotatable bonds is 2. The van der Waals surface area contributed by atoms with Gasteiger partial charge in [-0.1, -0.05) is 30.3 Å². The summed E-state index contributed by atoms with van der Waals surface area (Å²) in [4.78, 5) is 12.5. The predicted molar refractivity (Wildman–Crippen MR) is 86.2 cm³/mol. The second-order valence-electron chi connectivity index (χ2n) is 4.93. The van der Waals surface area contributed by atoms with Crippen LogP contribution in [0.2, 0.25) is 0 Å². The van der Waals surface area contributed by atoms with E-state index in [9.17, 15) is 4.79 Å². The van der Waals surface area contributed by atoms with E-state index in [0.29, 0.717) is 16.8 Å². The molecule has 2 aromatic carbocycles. The van der Waals surface area contributed by atoms with Crippen LogP contribution in [0.5, 0.6) is 0 Å². The number of anilines is 1. The Morgan fingerprint density at radius 1 is 1.09 bits per heavy atom. The van der Waals surface area contributed by atoms with Crippen LogP contribution in [-0.4, -0.2) is 11.6 Å². The van der Waals surface area contributed by atoms with Gasteiger partial charge in [-0.25, -0.2) is 0 Å². The summed E-state index contributed by atoms with van der Waals surface area (Å²) in [7, 11) is 0. The molecule has 0 unspecified atom stereocenters. The zero-order valence-corrected chi connectivity index (χ0v) is 12.0. The van der Waals surface area contributed by atoms with E-state index in [1.807, 2.05) is 49.4 Å². The van der Waals surface area contributed by atoms with Gasteiger partial charge in [-0.15, -0.1) is 0 Å². The van der Waals surface area contributed by atoms with E-state index in [1.165, 1.54) is 5.01 Å². The minimum absolute atomic E-state index is 0.145. The summed E-state index contributed by atoms with van der Waals surface area (Å²) in [5, 5.41) is 14.6. The molecule has 0 radical (unpaired) electrons. The molecule has 4 nitrogen and oxygen atoms in total. The van der Waals surface area contributed by atoms with E-state index < -0.39 is 0 Å². The fraction of sp³-hybridized carbons (Fsp3) is 0.0556. The number of amides is 1. The number of benzene rings is 2. The number of hydrogen-bond donors (Lipinski definition) is 0. The number of carbonyl (C=O) groups excluding carboxylic acids is 1. The molecule has 0 N–H and O–H groups in total. The van der Waals surface area contributed by atoms with Gasteiger partial charge in [0.05, 0.1) is 28.6 Å². The van der Waals surface area contributed by atoms with Crippen LogP contribution in [0.3, 0.4) is 0 Å². The number of para-hydroxylation sites is 1. The van der Waals surface area contributed by atoms with Crippen LogP contribution in [0.1, 0.15) is 18.1 Å². The van der Waals surface area contributed by atoms with Crippen LogP contribution in [-0.2, 0) is 4.79 Å². The second kappa shape index (κ2) is 5.66. The summed E-state index contributed by atoms with van der Waals surface area (Å²) < 4.78 is 0. The Morgan fingerprint density at radius 2 is 1.77 bits per heavy atom. The number of nitriles is 1. The number of carbonyl (C=O) groups is 1. The second-order valence-corrected chi connectivity index (χ2v) is 4.93. The number of nitrogens with zero attached hydrogens (tertiary/aromatic N) is 3. The highest BCUT2D eigenvalue weighted by Gasteiger charge is 2.28. The lowest BCUT2D eigenvalue weighted by Gasteiger charge is -2.10. The van der Waals surface area contributed by atoms with Crippen LogP contribution in [0, 0.1) is 11.3 Å². The fourth-order valence-corrected chi connectivity index (χ4v) is 2.25. The van der Waals surface area contributed by atoms with Crippen molar-refractivity contribution in [1.29, 1.82) is 5.26 Å². The maximum absolute atomic E-state index is 12.5. The highest BCUT2D eigenvalue weighted by Crippen LogP contribution is 2.24. The first-order valence-electron chi connectivity index (χ1n) is 6.86. The summed E-state index contributed by atoms with van der Waals surface area (Å²) in [6.45, 7) is 1.82. The van der Waals surface area contributed by atoms with E-state index in [4.69, 9.17) is 5.26 Å². The highest BCUT2D eigenvalue weighted by atomic mass is 16.2. The van der Waals surface area contributed by atoms with Gasteiger partial charge in [0.15, 0.2) is 0 Å². The Kier molecular flexibility index (Phi) is 3.55. The van der Waals surface area contributed by atoms with E-state index in [2.05, 4.69) is 11.2 Å². The van der Waals surface area contributed by atoms with Crippen molar-refractivity contribution < 1.29 is 4.79 Å². The lowest BCUT2D eigenvalue weighted by Crippen LogP contribution is -2.21. The van der Waals surface area contributed by atoms with Gasteiger partial charge in [-0.05, 0) is 42.8 Å². The van der Waals surface area contributed by atoms with Gasteiger partial charge in [-0.2, -0.15) is 15.4 Å². The smallest absolute Gasteiger partial charge is 0.267 e. The molecule has 4 heteroatoms. The summed E-state index contributed by atoms with van der Waals surface area (Å²) >= 11 is 0. The number of hydrazone groups is 1. The molecule has 0 spiro atoms. The monoisotopic (exact) mass is 287 g/mol. The van der Waals surface area contributed by atoms with Crippen LogP contribution in [0.15, 0.2) is 65.3 Å². The zero-order valence-electron chi connectivity index (χ0n) is 12.0. The zero-order chi connectivity index (χ0) is 15.5. The first-order valence-corrected chi connectivity index (χ1v) is 6.86. The summed E-state index contributed by atoms with van der Waals surface area (Å²) in [6, 6.07) is 18.5. The summed E-state index contributed by atoms with van der Waals surface area (Å²) in [5.41, 5.74) is 3.45. The Labute approximate surface area is 128 Å². The molecule has 0 saturated carbocycles. The Morgan fingerprint density at radius 3 is 2.41 bits per heavy atom. The fourth-order valence-electron chi connectivity index (χ4n) is 2.25. The molecule has 106 valence electrons. The maximum atomic E-state index is 12.5. The molecule has 0 aromatic heterocycles. The minimum atomic E-state index is -0.145. The molecular weight excluding hydrogens is 274 g/mol. The number of hydrogen-bond acceptors (Lipinski definition) is 3. The quantitative estimate of drug-likeness (QED) is 0.795. The van der Waals surface area contributed by atoms with Crippen molar-refractivity contribution in [2.24, 2.45) is 5.10 Å². The molecule has 3 rings (SSSR count). The standard InChI is InChI=1S/C18H13N3O/c1-13-17(11-14-7-9-15(12-19)10-8-14)18(22)21(20-13)16-5-3-2-4-6-16/h2-11H,1H3/b17-11-. The summed E-state index contributed by atoms with van der Waals surface area (Å²) in [5.74, 6) is -0.145. The van der Waals surface area contributed by atoms with Gasteiger partial charge in [0, 0.05) is 0 Å². The first kappa shape index (κ1) is 13.8. The third-order valence-corrected chi connectivity index (χ3v) is 3.41. The molecule has 0 bridgehead atoms. The molecule has 1 aliphatic heterocycles. The van der Waals surface area contributed by atoms with Crippen molar-refractivity contribution in [3.8, 4) is 6.07 Å². The van der Waals surface area contributed by atoms with Gasteiger partial charge >= 0.3 is 0 Å². The van der Waals surface area contributed by atoms with Gasteiger partial charge < -0.3 is 0 Å². The molecule has 1 aliphatic rings. The molecule has 0 fully saturated rings. The third-order valence-electron chi connectivity index (χ3n) is 3.41. The highest BCUT2D eigenvalue weighted by molar-refractivity contribution is 6.32. The van der Waals surface area contributed by atoms with Crippen LogP contribution >= 0.6 is 0 Å². The van der Waals surface area contributed by atoms with Crippen molar-refractivity contribution in [1.82, 2.24) is 0 Å². The van der Waals surface area contributed by atoms with E-state index >= 15 is 0 Å². The van der Waals surface area contributed by atoms with E-state index in [0.717, 1.165) is 11.3 Å². The van der Waals surface area contributed by atoms with Crippen LogP contribution < -0.4 is 5.01 Å². The SMILES string of the molecule is CC1=NN(c2ccccc2)C(=O)/C1=C\c1ccc(C#N)cc1. The van der Waals surface area contributed by atoms with Crippen molar-refractivity contribution in [3.63, 3.8) is 0 Å². The van der Waals surface area contributed by atoms with Gasteiger partial charge in [0.25, 0.3) is 5.91 Å². The first-order chi connectivity index (χ1) is 10.7. The Balaban J connectivity index is 1.92. The lowest BCUT2D eigenvalue weighted by atomic mass is 10.1. The molecule has 0 atom stereocenters. The van der Waals surface area contributed by atoms with Gasteiger partial charge in [0.1, 0.15) is 0 Å². The molecule has 1 amide bonds. The summed E-state index contributed by atoms with van der Waals surface area (Å²) in [6.07, 6.45) is 1.80. The molecule has 2 aromatic rings. The van der Waals surface area contributed by atoms with Gasteiger partial charge in [0.2, 0.25) is 0 Å². The van der Waals surface area contributed by atoms with Crippen molar-refractivity contribution >= 4 is 23.4 Å². The Hall–Kier alpha value is -3.19. The molecule has 0 aliphatic carbocycles. The predicted octanol–water partition coefficient (Wildman–Crippen LogP) is 3.36. The largest absolute Gasteiger partial charge is 0.280 e. The maximum Gasteiger partial charge on any atom is 0.280 e. The lowest BCUT2D eigenvalue weighted by molar-refractivity contribution is -0.114. The van der Waals surface area contributed by atoms with Gasteiger partial charge in [-0.3, -0.25) is 4.79 Å². The normalized spacial score (nSPS) is 15.8. The van der Waals surface area contributed by atoms with E-state index in [1.54, 1.807) is 18.2 Å². The van der Waals surface area contributed by atoms with Crippen LogP contribution in [0.4, 0.5) is 5.69 Å². The van der Waals surface area contributed by atoms with Crippen molar-refractivity contribution in [3.05, 3.63) is 71.3 Å². The molecule has 0 saturated heterocycles. The third kappa shape index (κ3) is 2.52. The topological polar surface area (TPSA) is 56.5 Å².